The van der Waals surface area contributed by atoms with E-state index in [0.717, 1.165) is 39.0 Å². The summed E-state index contributed by atoms with van der Waals surface area (Å²) in [6, 6.07) is 17.0. The Kier molecular flexibility index (Phi) is 5.58. The van der Waals surface area contributed by atoms with E-state index >= 15 is 0 Å². The number of hydrogen-bond donors (Lipinski definition) is 2. The van der Waals surface area contributed by atoms with Crippen molar-refractivity contribution in [3.8, 4) is 0 Å². The first-order valence-corrected chi connectivity index (χ1v) is 10.5. The highest BCUT2D eigenvalue weighted by molar-refractivity contribution is 7.92. The lowest BCUT2D eigenvalue weighted by atomic mass is 10.1. The summed E-state index contributed by atoms with van der Waals surface area (Å²) in [5, 5.41) is 0. The number of piperazine rings is 1. The molecule has 0 radical (unpaired) electrons. The first-order chi connectivity index (χ1) is 12.4. The third-order valence-corrected chi connectivity index (χ3v) is 5.10. The van der Waals surface area contributed by atoms with Crippen LogP contribution in [-0.2, 0) is 16.6 Å². The van der Waals surface area contributed by atoms with Crippen molar-refractivity contribution < 1.29 is 18.1 Å². The highest BCUT2D eigenvalue weighted by Crippen LogP contribution is 2.13. The van der Waals surface area contributed by atoms with Gasteiger partial charge in [0.2, 0.25) is 10.0 Å². The van der Waals surface area contributed by atoms with Crippen molar-refractivity contribution in [2.45, 2.75) is 6.54 Å². The molecule has 1 fully saturated rings. The number of carbonyl (C=O) groups is 1. The Morgan fingerprint density at radius 3 is 2.23 bits per heavy atom. The number of quaternary nitrogens is 1. The Hall–Kier alpha value is -2.38. The Labute approximate surface area is 154 Å². The number of nitrogens with one attached hydrogen (secondary N) is 2. The van der Waals surface area contributed by atoms with E-state index in [1.807, 2.05) is 11.0 Å². The van der Waals surface area contributed by atoms with Crippen LogP contribution in [0.25, 0.3) is 0 Å². The van der Waals surface area contributed by atoms with Crippen LogP contribution in [0.3, 0.4) is 0 Å². The van der Waals surface area contributed by atoms with E-state index < -0.39 is 10.0 Å². The minimum atomic E-state index is -3.31. The number of anilines is 1. The summed E-state index contributed by atoms with van der Waals surface area (Å²) in [5.74, 6) is -0.00494. The van der Waals surface area contributed by atoms with Gasteiger partial charge in [-0.1, -0.05) is 30.3 Å². The van der Waals surface area contributed by atoms with Gasteiger partial charge in [0.1, 0.15) is 6.54 Å². The number of benzene rings is 2. The van der Waals surface area contributed by atoms with E-state index in [-0.39, 0.29) is 5.91 Å². The molecule has 0 aliphatic carbocycles. The highest BCUT2D eigenvalue weighted by Gasteiger charge is 2.24. The van der Waals surface area contributed by atoms with Crippen LogP contribution in [0.5, 0.6) is 0 Å². The van der Waals surface area contributed by atoms with Crippen LogP contribution in [0.1, 0.15) is 15.9 Å². The second kappa shape index (κ2) is 7.88. The molecule has 1 saturated heterocycles. The van der Waals surface area contributed by atoms with Gasteiger partial charge in [0, 0.05) is 16.8 Å². The highest BCUT2D eigenvalue weighted by atomic mass is 32.2. The van der Waals surface area contributed by atoms with Crippen molar-refractivity contribution in [1.82, 2.24) is 4.90 Å². The number of nitrogens with zero attached hydrogens (tertiary/aromatic N) is 1. The fraction of sp³-hybridized carbons (Fsp3) is 0.316. The Morgan fingerprint density at radius 1 is 1.04 bits per heavy atom. The van der Waals surface area contributed by atoms with E-state index in [2.05, 4.69) is 29.0 Å². The maximum absolute atomic E-state index is 12.6. The molecule has 0 aromatic heterocycles. The SMILES string of the molecule is CS(=O)(=O)Nc1ccc(C(=O)N2CC[NH+](Cc3ccccc3)CC2)cc1. The van der Waals surface area contributed by atoms with E-state index in [1.165, 1.54) is 10.5 Å². The van der Waals surface area contributed by atoms with Crippen molar-refractivity contribution in [2.75, 3.05) is 37.2 Å². The second-order valence-electron chi connectivity index (χ2n) is 6.66. The minimum Gasteiger partial charge on any atom is -0.328 e. The van der Waals surface area contributed by atoms with Crippen LogP contribution in [0, 0.1) is 0 Å². The summed E-state index contributed by atoms with van der Waals surface area (Å²) in [4.78, 5) is 16.0. The van der Waals surface area contributed by atoms with Crippen molar-refractivity contribution in [1.29, 1.82) is 0 Å². The second-order valence-corrected chi connectivity index (χ2v) is 8.40. The van der Waals surface area contributed by atoms with Gasteiger partial charge in [0.05, 0.1) is 32.4 Å². The molecule has 138 valence electrons. The lowest BCUT2D eigenvalue weighted by Gasteiger charge is -2.32. The van der Waals surface area contributed by atoms with Crippen molar-refractivity contribution >= 4 is 21.6 Å². The number of sulfonamides is 1. The molecule has 1 amide bonds. The molecule has 2 aromatic carbocycles. The Bertz CT molecular complexity index is 843. The molecular formula is C19H24N3O3S+. The van der Waals surface area contributed by atoms with Gasteiger partial charge in [-0.05, 0) is 24.3 Å². The molecule has 7 heteroatoms. The van der Waals surface area contributed by atoms with E-state index in [1.54, 1.807) is 24.3 Å². The maximum atomic E-state index is 12.6. The molecule has 2 aromatic rings. The largest absolute Gasteiger partial charge is 0.328 e. The van der Waals surface area contributed by atoms with Gasteiger partial charge in [-0.25, -0.2) is 8.42 Å². The van der Waals surface area contributed by atoms with Crippen molar-refractivity contribution in [3.63, 3.8) is 0 Å². The predicted molar refractivity (Wildman–Crippen MR) is 102 cm³/mol. The van der Waals surface area contributed by atoms with Crippen molar-refractivity contribution in [3.05, 3.63) is 65.7 Å². The van der Waals surface area contributed by atoms with Gasteiger partial charge in [-0.2, -0.15) is 0 Å². The first kappa shape index (κ1) is 18.4. The number of carbonyl (C=O) groups excluding carboxylic acids is 1. The molecule has 0 atom stereocenters. The number of hydrogen-bond acceptors (Lipinski definition) is 3. The average molecular weight is 374 g/mol. The molecule has 0 unspecified atom stereocenters. The molecule has 1 aliphatic rings. The van der Waals surface area contributed by atoms with Crippen LogP contribution in [0.15, 0.2) is 54.6 Å². The zero-order valence-electron chi connectivity index (χ0n) is 14.8. The maximum Gasteiger partial charge on any atom is 0.254 e. The van der Waals surface area contributed by atoms with Gasteiger partial charge in [0.15, 0.2) is 0 Å². The average Bonchev–Trinajstić information content (AvgIpc) is 2.62. The number of amides is 1. The summed E-state index contributed by atoms with van der Waals surface area (Å²) in [6.07, 6.45) is 1.10. The smallest absolute Gasteiger partial charge is 0.254 e. The third-order valence-electron chi connectivity index (χ3n) is 4.49. The molecule has 0 saturated carbocycles. The van der Waals surface area contributed by atoms with Gasteiger partial charge in [-0.3, -0.25) is 9.52 Å². The van der Waals surface area contributed by atoms with Crippen molar-refractivity contribution in [2.24, 2.45) is 0 Å². The van der Waals surface area contributed by atoms with Crippen LogP contribution in [0.4, 0.5) is 5.69 Å². The summed E-state index contributed by atoms with van der Waals surface area (Å²) >= 11 is 0. The monoisotopic (exact) mass is 374 g/mol. The lowest BCUT2D eigenvalue weighted by Crippen LogP contribution is -3.13. The topological polar surface area (TPSA) is 70.9 Å². The quantitative estimate of drug-likeness (QED) is 0.805. The van der Waals surface area contributed by atoms with Gasteiger partial charge in [0.25, 0.3) is 5.91 Å². The van der Waals surface area contributed by atoms with Gasteiger partial charge < -0.3 is 9.80 Å². The molecule has 0 spiro atoms. The fourth-order valence-electron chi connectivity index (χ4n) is 3.16. The lowest BCUT2D eigenvalue weighted by molar-refractivity contribution is -0.917. The standard InChI is InChI=1S/C19H23N3O3S/c1-26(24,25)20-18-9-7-17(8-10-18)19(23)22-13-11-21(12-14-22)15-16-5-3-2-4-6-16/h2-10,20H,11-15H2,1H3/p+1. The Balaban J connectivity index is 1.55. The van der Waals surface area contributed by atoms with Crippen LogP contribution in [-0.4, -0.2) is 51.7 Å². The van der Waals surface area contributed by atoms with Gasteiger partial charge >= 0.3 is 0 Å². The molecule has 2 N–H and O–H groups in total. The summed E-state index contributed by atoms with van der Waals surface area (Å²) in [6.45, 7) is 4.28. The van der Waals surface area contributed by atoms with Crippen LogP contribution >= 0.6 is 0 Å². The van der Waals surface area contributed by atoms with E-state index in [0.29, 0.717) is 11.3 Å². The van der Waals surface area contributed by atoms with E-state index in [4.69, 9.17) is 0 Å². The van der Waals surface area contributed by atoms with Crippen LogP contribution in [0.2, 0.25) is 0 Å². The summed E-state index contributed by atoms with van der Waals surface area (Å²) < 4.78 is 24.9. The molecule has 6 nitrogen and oxygen atoms in total. The molecule has 3 rings (SSSR count). The van der Waals surface area contributed by atoms with Crippen LogP contribution < -0.4 is 9.62 Å². The minimum absolute atomic E-state index is 0.00494. The summed E-state index contributed by atoms with van der Waals surface area (Å²) in [7, 11) is -3.31. The predicted octanol–water partition coefficient (Wildman–Crippen LogP) is 0.599. The number of rotatable bonds is 5. The fourth-order valence-corrected chi connectivity index (χ4v) is 3.73. The van der Waals surface area contributed by atoms with E-state index in [9.17, 15) is 13.2 Å². The first-order valence-electron chi connectivity index (χ1n) is 8.65. The summed E-state index contributed by atoms with van der Waals surface area (Å²) in [5.41, 5.74) is 2.35. The molecule has 0 bridgehead atoms. The normalized spacial score (nSPS) is 15.7. The molecule has 1 aliphatic heterocycles. The molecular weight excluding hydrogens is 350 g/mol. The third kappa shape index (κ3) is 5.06. The molecule has 1 heterocycles. The van der Waals surface area contributed by atoms with Gasteiger partial charge in [-0.15, -0.1) is 0 Å². The zero-order chi connectivity index (χ0) is 18.6. The Morgan fingerprint density at radius 2 is 1.65 bits per heavy atom. The zero-order valence-corrected chi connectivity index (χ0v) is 15.6. The molecule has 26 heavy (non-hydrogen) atoms.